The molecule has 136 valence electrons. The first-order chi connectivity index (χ1) is 11.0. The second-order valence-electron chi connectivity index (χ2n) is 9.47. The molecule has 24 heavy (non-hydrogen) atoms. The third-order valence-corrected chi connectivity index (χ3v) is 10.6. The van der Waals surface area contributed by atoms with Gasteiger partial charge in [-0.05, 0) is 66.8 Å². The zero-order valence-electron chi connectivity index (χ0n) is 16.7. The van der Waals surface area contributed by atoms with Crippen molar-refractivity contribution in [2.75, 3.05) is 12.3 Å². The van der Waals surface area contributed by atoms with Gasteiger partial charge in [-0.2, -0.15) is 0 Å². The highest BCUT2D eigenvalue weighted by molar-refractivity contribution is 6.74. The molecule has 0 atom stereocenters. The summed E-state index contributed by atoms with van der Waals surface area (Å²) < 4.78 is 6.50. The largest absolute Gasteiger partial charge is 0.416 e. The van der Waals surface area contributed by atoms with E-state index in [2.05, 4.69) is 58.8 Å². The van der Waals surface area contributed by atoms with Gasteiger partial charge in [-0.3, -0.25) is 4.98 Å². The molecule has 0 bridgehead atoms. The van der Waals surface area contributed by atoms with E-state index in [0.717, 1.165) is 24.4 Å². The molecule has 1 saturated carbocycles. The van der Waals surface area contributed by atoms with E-state index in [-0.39, 0.29) is 5.04 Å². The lowest BCUT2D eigenvalue weighted by Crippen LogP contribution is -2.42. The lowest BCUT2D eigenvalue weighted by atomic mass is 9.95. The van der Waals surface area contributed by atoms with Crippen molar-refractivity contribution in [2.45, 2.75) is 84.4 Å². The van der Waals surface area contributed by atoms with Gasteiger partial charge in [-0.1, -0.05) is 34.6 Å². The van der Waals surface area contributed by atoms with Gasteiger partial charge >= 0.3 is 0 Å². The average molecular weight is 349 g/mol. The van der Waals surface area contributed by atoms with Crippen LogP contribution < -0.4 is 5.73 Å². The molecule has 1 aromatic heterocycles. The van der Waals surface area contributed by atoms with Crippen molar-refractivity contribution in [3.8, 4) is 0 Å². The third-order valence-electron chi connectivity index (χ3n) is 6.09. The quantitative estimate of drug-likeness (QED) is 0.660. The Balaban J connectivity index is 1.96. The molecule has 0 aromatic carbocycles. The molecule has 4 heteroatoms. The molecule has 1 aliphatic carbocycles. The summed E-state index contributed by atoms with van der Waals surface area (Å²) in [5, 5.41) is 0.283. The molecule has 0 aliphatic heterocycles. The number of hydrogen-bond donors (Lipinski definition) is 1. The van der Waals surface area contributed by atoms with Crippen LogP contribution in [0.3, 0.4) is 0 Å². The predicted octanol–water partition coefficient (Wildman–Crippen LogP) is 5.52. The van der Waals surface area contributed by atoms with E-state index in [9.17, 15) is 0 Å². The molecule has 0 amide bonds. The number of aryl methyl sites for hydroxylation is 1. The van der Waals surface area contributed by atoms with Gasteiger partial charge in [0, 0.05) is 12.8 Å². The highest BCUT2D eigenvalue weighted by Gasteiger charge is 2.46. The second kappa shape index (κ2) is 6.79. The van der Waals surface area contributed by atoms with Crippen LogP contribution in [0, 0.1) is 5.41 Å². The van der Waals surface area contributed by atoms with Crippen LogP contribution in [0.2, 0.25) is 18.1 Å². The standard InChI is InChI=1S/C20H36N2OSi/c1-15(2)18-17(21)16(9-13-22-18)8-10-20(11-12-20)14-23-24(6,7)19(3,4)5/h9,13,15H,8,10-12,14,21H2,1-7H3. The Morgan fingerprint density at radius 1 is 1.29 bits per heavy atom. The highest BCUT2D eigenvalue weighted by atomic mass is 28.4. The van der Waals surface area contributed by atoms with Gasteiger partial charge in [0.2, 0.25) is 0 Å². The molecule has 0 unspecified atom stereocenters. The third kappa shape index (κ3) is 4.40. The summed E-state index contributed by atoms with van der Waals surface area (Å²) in [4.78, 5) is 4.45. The lowest BCUT2D eigenvalue weighted by molar-refractivity contribution is 0.206. The van der Waals surface area contributed by atoms with Crippen LogP contribution in [0.15, 0.2) is 12.3 Å². The van der Waals surface area contributed by atoms with Gasteiger partial charge in [0.1, 0.15) is 0 Å². The normalized spacial score (nSPS) is 17.3. The Bertz CT molecular complexity index is 571. The van der Waals surface area contributed by atoms with Gasteiger partial charge in [-0.15, -0.1) is 0 Å². The van der Waals surface area contributed by atoms with Crippen LogP contribution in [0.4, 0.5) is 5.69 Å². The summed E-state index contributed by atoms with van der Waals surface area (Å²) in [7, 11) is -1.65. The maximum Gasteiger partial charge on any atom is 0.192 e. The smallest absolute Gasteiger partial charge is 0.192 e. The summed E-state index contributed by atoms with van der Waals surface area (Å²) in [6.45, 7) is 16.8. The predicted molar refractivity (Wildman–Crippen MR) is 106 cm³/mol. The van der Waals surface area contributed by atoms with E-state index in [1.165, 1.54) is 24.8 Å². The Morgan fingerprint density at radius 2 is 1.92 bits per heavy atom. The van der Waals surface area contributed by atoms with E-state index in [4.69, 9.17) is 10.2 Å². The van der Waals surface area contributed by atoms with Gasteiger partial charge in [-0.25, -0.2) is 0 Å². The molecule has 0 saturated heterocycles. The van der Waals surface area contributed by atoms with Crippen LogP contribution in [-0.4, -0.2) is 19.9 Å². The van der Waals surface area contributed by atoms with Crippen molar-refractivity contribution >= 4 is 14.0 Å². The van der Waals surface area contributed by atoms with Crippen LogP contribution in [0.5, 0.6) is 0 Å². The maximum absolute atomic E-state index is 6.50. The van der Waals surface area contributed by atoms with Crippen LogP contribution >= 0.6 is 0 Å². The van der Waals surface area contributed by atoms with E-state index < -0.39 is 8.32 Å². The summed E-state index contributed by atoms with van der Waals surface area (Å²) >= 11 is 0. The number of hydrogen-bond acceptors (Lipinski definition) is 3. The minimum Gasteiger partial charge on any atom is -0.416 e. The molecule has 0 spiro atoms. The van der Waals surface area contributed by atoms with E-state index in [1.54, 1.807) is 0 Å². The zero-order chi connectivity index (χ0) is 18.2. The van der Waals surface area contributed by atoms with Crippen molar-refractivity contribution in [3.63, 3.8) is 0 Å². The Kier molecular flexibility index (Phi) is 5.51. The first kappa shape index (κ1) is 19.5. The first-order valence-electron chi connectivity index (χ1n) is 9.35. The molecule has 2 N–H and O–H groups in total. The molecule has 3 nitrogen and oxygen atoms in total. The van der Waals surface area contributed by atoms with Crippen molar-refractivity contribution in [1.82, 2.24) is 4.98 Å². The number of pyridine rings is 1. The van der Waals surface area contributed by atoms with Crippen molar-refractivity contribution < 1.29 is 4.43 Å². The molecular weight excluding hydrogens is 312 g/mol. The topological polar surface area (TPSA) is 48.1 Å². The number of aromatic nitrogens is 1. The molecule has 1 aliphatic rings. The van der Waals surface area contributed by atoms with Crippen LogP contribution in [-0.2, 0) is 10.8 Å². The minimum absolute atomic E-state index is 0.283. The minimum atomic E-state index is -1.65. The Hall–Kier alpha value is -0.873. The zero-order valence-corrected chi connectivity index (χ0v) is 17.7. The lowest BCUT2D eigenvalue weighted by Gasteiger charge is -2.37. The first-order valence-corrected chi connectivity index (χ1v) is 12.3. The molecule has 1 heterocycles. The van der Waals surface area contributed by atoms with Crippen LogP contribution in [0.25, 0.3) is 0 Å². The fraction of sp³-hybridized carbons (Fsp3) is 0.750. The van der Waals surface area contributed by atoms with Crippen molar-refractivity contribution in [1.29, 1.82) is 0 Å². The molecular formula is C20H36N2OSi. The monoisotopic (exact) mass is 348 g/mol. The van der Waals surface area contributed by atoms with Crippen LogP contribution in [0.1, 0.15) is 71.1 Å². The van der Waals surface area contributed by atoms with Gasteiger partial charge in [0.15, 0.2) is 8.32 Å². The number of anilines is 1. The van der Waals surface area contributed by atoms with Gasteiger partial charge in [0.25, 0.3) is 0 Å². The Labute approximate surface area is 149 Å². The van der Waals surface area contributed by atoms with Crippen molar-refractivity contribution in [3.05, 3.63) is 23.5 Å². The summed E-state index contributed by atoms with van der Waals surface area (Å²) in [6, 6.07) is 2.09. The highest BCUT2D eigenvalue weighted by Crippen LogP contribution is 2.51. The summed E-state index contributed by atoms with van der Waals surface area (Å²) in [5.41, 5.74) is 9.93. The molecule has 0 radical (unpaired) electrons. The number of rotatable bonds is 7. The number of nitrogens with two attached hydrogens (primary N) is 1. The van der Waals surface area contributed by atoms with E-state index >= 15 is 0 Å². The van der Waals surface area contributed by atoms with E-state index in [1.807, 2.05) is 6.20 Å². The molecule has 2 rings (SSSR count). The fourth-order valence-electron chi connectivity index (χ4n) is 2.80. The van der Waals surface area contributed by atoms with Gasteiger partial charge < -0.3 is 10.2 Å². The SMILES string of the molecule is CC(C)c1nccc(CCC2(CO[Si](C)(C)C(C)(C)C)CC2)c1N. The summed E-state index contributed by atoms with van der Waals surface area (Å²) in [6.07, 6.45) is 6.71. The second-order valence-corrected chi connectivity index (χ2v) is 14.3. The van der Waals surface area contributed by atoms with E-state index in [0.29, 0.717) is 11.3 Å². The number of nitrogen functional groups attached to an aromatic ring is 1. The maximum atomic E-state index is 6.50. The Morgan fingerprint density at radius 3 is 2.42 bits per heavy atom. The summed E-state index contributed by atoms with van der Waals surface area (Å²) in [5.74, 6) is 0.377. The fourth-order valence-corrected chi connectivity index (χ4v) is 3.90. The molecule has 1 fully saturated rings. The number of nitrogens with zero attached hydrogens (tertiary/aromatic N) is 1. The molecule has 1 aromatic rings. The van der Waals surface area contributed by atoms with Crippen molar-refractivity contribution in [2.24, 2.45) is 5.41 Å². The van der Waals surface area contributed by atoms with Gasteiger partial charge in [0.05, 0.1) is 11.4 Å². The average Bonchev–Trinajstić information content (AvgIpc) is 3.23.